The van der Waals surface area contributed by atoms with Crippen LogP contribution >= 0.6 is 0 Å². The number of anilines is 1. The highest BCUT2D eigenvalue weighted by molar-refractivity contribution is 5.90. The Morgan fingerprint density at radius 1 is 0.967 bits per heavy atom. The number of carbonyl (C=O) groups is 1. The lowest BCUT2D eigenvalue weighted by atomic mass is 10.3. The van der Waals surface area contributed by atoms with Crippen LogP contribution in [0.5, 0.6) is 0 Å². The number of aromatic nitrogens is 4. The predicted octanol–water partition coefficient (Wildman–Crippen LogP) is 3.36. The molecule has 0 bridgehead atoms. The van der Waals surface area contributed by atoms with Crippen LogP contribution < -0.4 is 11.1 Å². The number of carbonyl (C=O) groups excluding carboxylic acids is 1. The van der Waals surface area contributed by atoms with Gasteiger partial charge in [-0.05, 0) is 36.4 Å². The SMILES string of the molecule is O=C(CCn1c(=O)oc2ccccc21)Nc1ccc(-n2cnc3ccccc32)nc1. The van der Waals surface area contributed by atoms with Gasteiger partial charge >= 0.3 is 5.76 Å². The Hall–Kier alpha value is -4.20. The monoisotopic (exact) mass is 399 g/mol. The molecule has 0 aliphatic heterocycles. The van der Waals surface area contributed by atoms with Gasteiger partial charge in [-0.1, -0.05) is 24.3 Å². The van der Waals surface area contributed by atoms with E-state index in [-0.39, 0.29) is 18.9 Å². The van der Waals surface area contributed by atoms with Gasteiger partial charge in [-0.3, -0.25) is 13.9 Å². The molecule has 0 spiro atoms. The Morgan fingerprint density at radius 3 is 2.60 bits per heavy atom. The molecule has 8 nitrogen and oxygen atoms in total. The van der Waals surface area contributed by atoms with Gasteiger partial charge in [0.25, 0.3) is 0 Å². The number of imidazole rings is 1. The zero-order valence-electron chi connectivity index (χ0n) is 15.9. The molecule has 0 fully saturated rings. The van der Waals surface area contributed by atoms with Crippen LogP contribution in [0.4, 0.5) is 5.69 Å². The third-order valence-corrected chi connectivity index (χ3v) is 4.87. The second kappa shape index (κ2) is 7.32. The second-order valence-corrected chi connectivity index (χ2v) is 6.79. The quantitative estimate of drug-likeness (QED) is 0.489. The van der Waals surface area contributed by atoms with Gasteiger partial charge in [0.15, 0.2) is 5.58 Å². The molecule has 0 saturated carbocycles. The van der Waals surface area contributed by atoms with Crippen molar-refractivity contribution in [3.05, 3.63) is 83.7 Å². The van der Waals surface area contributed by atoms with Crippen LogP contribution in [0.25, 0.3) is 28.0 Å². The largest absolute Gasteiger partial charge is 0.419 e. The first kappa shape index (κ1) is 17.9. The van der Waals surface area contributed by atoms with Gasteiger partial charge in [0.1, 0.15) is 12.1 Å². The Bertz CT molecular complexity index is 1410. The van der Waals surface area contributed by atoms with Crippen LogP contribution in [0.15, 0.2) is 82.4 Å². The molecule has 2 aromatic carbocycles. The topological polar surface area (TPSA) is 94.9 Å². The summed E-state index contributed by atoms with van der Waals surface area (Å²) >= 11 is 0. The average molecular weight is 399 g/mol. The van der Waals surface area contributed by atoms with Crippen molar-refractivity contribution in [2.75, 3.05) is 5.32 Å². The minimum Gasteiger partial charge on any atom is -0.408 e. The van der Waals surface area contributed by atoms with Gasteiger partial charge in [0.2, 0.25) is 5.91 Å². The molecule has 5 rings (SSSR count). The van der Waals surface area contributed by atoms with Crippen molar-refractivity contribution in [2.24, 2.45) is 0 Å². The Morgan fingerprint density at radius 2 is 1.77 bits per heavy atom. The number of benzene rings is 2. The van der Waals surface area contributed by atoms with E-state index < -0.39 is 5.76 Å². The zero-order valence-corrected chi connectivity index (χ0v) is 15.9. The van der Waals surface area contributed by atoms with Gasteiger partial charge in [0, 0.05) is 13.0 Å². The fraction of sp³-hybridized carbons (Fsp3) is 0.0909. The summed E-state index contributed by atoms with van der Waals surface area (Å²) in [6.07, 6.45) is 3.46. The zero-order chi connectivity index (χ0) is 20.5. The number of nitrogens with one attached hydrogen (secondary N) is 1. The number of oxazole rings is 1. The normalized spacial score (nSPS) is 11.2. The number of pyridine rings is 1. The first-order chi connectivity index (χ1) is 14.7. The van der Waals surface area contributed by atoms with Crippen molar-refractivity contribution in [1.29, 1.82) is 0 Å². The molecule has 3 heterocycles. The van der Waals surface area contributed by atoms with Crippen LogP contribution in [0.1, 0.15) is 6.42 Å². The maximum Gasteiger partial charge on any atom is 0.419 e. The molecule has 0 atom stereocenters. The summed E-state index contributed by atoms with van der Waals surface area (Å²) in [7, 11) is 0. The molecule has 30 heavy (non-hydrogen) atoms. The molecule has 1 N–H and O–H groups in total. The van der Waals surface area contributed by atoms with Crippen LogP contribution in [0.3, 0.4) is 0 Å². The number of nitrogens with zero attached hydrogens (tertiary/aromatic N) is 4. The van der Waals surface area contributed by atoms with E-state index in [1.54, 1.807) is 36.8 Å². The summed E-state index contributed by atoms with van der Waals surface area (Å²) in [5.74, 6) is 0.0236. The Balaban J connectivity index is 1.27. The number of fused-ring (bicyclic) bond motifs is 2. The number of amides is 1. The van der Waals surface area contributed by atoms with Crippen LogP contribution in [-0.2, 0) is 11.3 Å². The van der Waals surface area contributed by atoms with Crippen LogP contribution in [-0.4, -0.2) is 25.0 Å². The minimum absolute atomic E-state index is 0.136. The molecular formula is C22H17N5O3. The molecule has 8 heteroatoms. The summed E-state index contributed by atoms with van der Waals surface area (Å²) in [5, 5.41) is 2.81. The van der Waals surface area contributed by atoms with E-state index in [0.29, 0.717) is 22.6 Å². The van der Waals surface area contributed by atoms with E-state index in [0.717, 1.165) is 11.0 Å². The first-order valence-electron chi connectivity index (χ1n) is 9.46. The highest BCUT2D eigenvalue weighted by Crippen LogP contribution is 2.18. The lowest BCUT2D eigenvalue weighted by molar-refractivity contribution is -0.116. The fourth-order valence-corrected chi connectivity index (χ4v) is 3.41. The standard InChI is InChI=1S/C22H17N5O3/c28-21(11-12-26-18-7-3-4-8-19(18)30-22(26)29)25-15-9-10-20(23-13-15)27-14-24-16-5-1-2-6-17(16)27/h1-10,13-14H,11-12H2,(H,25,28). The van der Waals surface area contributed by atoms with E-state index in [1.165, 1.54) is 4.57 Å². The van der Waals surface area contributed by atoms with E-state index in [2.05, 4.69) is 15.3 Å². The number of para-hydroxylation sites is 4. The van der Waals surface area contributed by atoms with Gasteiger partial charge in [-0.25, -0.2) is 14.8 Å². The number of hydrogen-bond donors (Lipinski definition) is 1. The van der Waals surface area contributed by atoms with Crippen molar-refractivity contribution < 1.29 is 9.21 Å². The van der Waals surface area contributed by atoms with Gasteiger partial charge in [0.05, 0.1) is 28.4 Å². The van der Waals surface area contributed by atoms with Crippen molar-refractivity contribution in [1.82, 2.24) is 19.1 Å². The van der Waals surface area contributed by atoms with E-state index in [1.807, 2.05) is 41.0 Å². The third-order valence-electron chi connectivity index (χ3n) is 4.87. The molecule has 3 aromatic heterocycles. The second-order valence-electron chi connectivity index (χ2n) is 6.79. The maximum absolute atomic E-state index is 12.3. The average Bonchev–Trinajstić information content (AvgIpc) is 3.33. The molecule has 0 unspecified atom stereocenters. The van der Waals surface area contributed by atoms with Crippen molar-refractivity contribution >= 4 is 33.7 Å². The maximum atomic E-state index is 12.3. The summed E-state index contributed by atoms with van der Waals surface area (Å²) in [5.41, 5.74) is 3.61. The van der Waals surface area contributed by atoms with Crippen molar-refractivity contribution in [2.45, 2.75) is 13.0 Å². The molecule has 148 valence electrons. The third kappa shape index (κ3) is 3.24. The van der Waals surface area contributed by atoms with Crippen molar-refractivity contribution in [3.8, 4) is 5.82 Å². The minimum atomic E-state index is -0.470. The highest BCUT2D eigenvalue weighted by Gasteiger charge is 2.11. The van der Waals surface area contributed by atoms with Crippen molar-refractivity contribution in [3.63, 3.8) is 0 Å². The van der Waals surface area contributed by atoms with Crippen LogP contribution in [0, 0.1) is 0 Å². The molecular weight excluding hydrogens is 382 g/mol. The lowest BCUT2D eigenvalue weighted by Crippen LogP contribution is -2.19. The fourth-order valence-electron chi connectivity index (χ4n) is 3.41. The van der Waals surface area contributed by atoms with Crippen LogP contribution in [0.2, 0.25) is 0 Å². The van der Waals surface area contributed by atoms with Gasteiger partial charge in [-0.2, -0.15) is 0 Å². The van der Waals surface area contributed by atoms with Gasteiger partial charge in [-0.15, -0.1) is 0 Å². The van der Waals surface area contributed by atoms with E-state index in [9.17, 15) is 9.59 Å². The molecule has 0 radical (unpaired) electrons. The molecule has 0 aliphatic rings. The van der Waals surface area contributed by atoms with E-state index in [4.69, 9.17) is 4.42 Å². The summed E-state index contributed by atoms with van der Waals surface area (Å²) < 4.78 is 8.53. The first-order valence-corrected chi connectivity index (χ1v) is 9.46. The summed E-state index contributed by atoms with van der Waals surface area (Å²) in [4.78, 5) is 33.1. The smallest absolute Gasteiger partial charge is 0.408 e. The number of hydrogen-bond acceptors (Lipinski definition) is 5. The highest BCUT2D eigenvalue weighted by atomic mass is 16.4. The summed E-state index contributed by atoms with van der Waals surface area (Å²) in [6.45, 7) is 0.230. The molecule has 0 aliphatic carbocycles. The lowest BCUT2D eigenvalue weighted by Gasteiger charge is -2.07. The molecule has 1 amide bonds. The summed E-state index contributed by atoms with van der Waals surface area (Å²) in [6, 6.07) is 18.5. The Labute approximate surface area is 170 Å². The number of rotatable bonds is 5. The molecule has 5 aromatic rings. The van der Waals surface area contributed by atoms with E-state index >= 15 is 0 Å². The number of aryl methyl sites for hydroxylation is 1. The Kier molecular flexibility index (Phi) is 4.36. The van der Waals surface area contributed by atoms with Gasteiger partial charge < -0.3 is 9.73 Å². The predicted molar refractivity (Wildman–Crippen MR) is 113 cm³/mol. The molecule has 0 saturated heterocycles.